The van der Waals surface area contributed by atoms with E-state index >= 15 is 0 Å². The van der Waals surface area contributed by atoms with Gasteiger partial charge in [0.05, 0.1) is 12.5 Å². The second-order valence-corrected chi connectivity index (χ2v) is 6.22. The van der Waals surface area contributed by atoms with E-state index in [9.17, 15) is 4.79 Å². The zero-order chi connectivity index (χ0) is 17.6. The predicted octanol–water partition coefficient (Wildman–Crippen LogP) is 5.24. The molecule has 3 nitrogen and oxygen atoms in total. The molecule has 0 atom stereocenters. The monoisotopic (exact) mass is 330 g/mol. The topological polar surface area (TPSA) is 39.4 Å². The molecule has 4 aromatic rings. The number of methoxy groups -OCH3 is 1. The molecule has 0 bridgehead atoms. The van der Waals surface area contributed by atoms with Crippen molar-refractivity contribution in [2.24, 2.45) is 0 Å². The number of ether oxygens (including phenoxy) is 1. The van der Waals surface area contributed by atoms with Crippen molar-refractivity contribution in [2.75, 3.05) is 7.11 Å². The molecule has 0 fully saturated rings. The Bertz CT molecular complexity index is 1160. The molecule has 0 aliphatic rings. The molecule has 124 valence electrons. The zero-order valence-electron chi connectivity index (χ0n) is 14.4. The van der Waals surface area contributed by atoms with E-state index in [1.54, 1.807) is 14.0 Å². The van der Waals surface area contributed by atoms with E-state index in [0.717, 1.165) is 27.5 Å². The third-order valence-electron chi connectivity index (χ3n) is 4.83. The van der Waals surface area contributed by atoms with Gasteiger partial charge in [-0.15, -0.1) is 0 Å². The lowest BCUT2D eigenvalue weighted by Gasteiger charge is -2.13. The molecule has 0 aliphatic carbocycles. The molecular formula is C22H18O3. The van der Waals surface area contributed by atoms with Crippen LogP contribution in [0.5, 0.6) is 5.75 Å². The first-order chi connectivity index (χ1) is 12.1. The van der Waals surface area contributed by atoms with Crippen LogP contribution in [-0.4, -0.2) is 7.11 Å². The summed E-state index contributed by atoms with van der Waals surface area (Å²) in [5, 5.41) is 3.17. The van der Waals surface area contributed by atoms with Gasteiger partial charge in [0.15, 0.2) is 0 Å². The maximum absolute atomic E-state index is 12.1. The highest BCUT2D eigenvalue weighted by Gasteiger charge is 2.15. The number of rotatable bonds is 2. The van der Waals surface area contributed by atoms with Crippen LogP contribution in [0.3, 0.4) is 0 Å². The fraction of sp³-hybridized carbons (Fsp3) is 0.136. The Balaban J connectivity index is 2.09. The minimum atomic E-state index is -0.304. The number of aryl methyl sites for hydroxylation is 1. The van der Waals surface area contributed by atoms with Gasteiger partial charge in [-0.25, -0.2) is 4.79 Å². The number of hydrogen-bond acceptors (Lipinski definition) is 3. The van der Waals surface area contributed by atoms with Gasteiger partial charge in [-0.2, -0.15) is 0 Å². The van der Waals surface area contributed by atoms with E-state index < -0.39 is 0 Å². The van der Waals surface area contributed by atoms with Crippen LogP contribution in [0, 0.1) is 13.8 Å². The third kappa shape index (κ3) is 2.40. The van der Waals surface area contributed by atoms with Gasteiger partial charge in [-0.05, 0) is 53.4 Å². The van der Waals surface area contributed by atoms with Gasteiger partial charge in [0, 0.05) is 5.56 Å². The second kappa shape index (κ2) is 5.78. The first-order valence-corrected chi connectivity index (χ1v) is 8.20. The molecule has 0 unspecified atom stereocenters. The first-order valence-electron chi connectivity index (χ1n) is 8.20. The Morgan fingerprint density at radius 3 is 2.48 bits per heavy atom. The Kier molecular flexibility index (Phi) is 3.57. The molecule has 0 spiro atoms. The van der Waals surface area contributed by atoms with Crippen LogP contribution in [0.4, 0.5) is 0 Å². The van der Waals surface area contributed by atoms with Crippen LogP contribution in [0.25, 0.3) is 32.9 Å². The Morgan fingerprint density at radius 1 is 0.920 bits per heavy atom. The fourth-order valence-electron chi connectivity index (χ4n) is 3.35. The van der Waals surface area contributed by atoms with Crippen LogP contribution in [0.1, 0.15) is 11.1 Å². The van der Waals surface area contributed by atoms with Crippen LogP contribution in [0.2, 0.25) is 0 Å². The SMILES string of the molecule is COc1cc(-c2cccc3ccccc23)cc2oc(=O)c(C)c(C)c12. The van der Waals surface area contributed by atoms with Gasteiger partial charge in [0.25, 0.3) is 0 Å². The highest BCUT2D eigenvalue weighted by Crippen LogP contribution is 2.37. The molecule has 1 aromatic heterocycles. The summed E-state index contributed by atoms with van der Waals surface area (Å²) < 4.78 is 11.2. The standard InChI is InChI=1S/C22H18O3/c1-13-14(2)22(23)25-20-12-16(11-19(24-3)21(13)20)18-10-6-8-15-7-4-5-9-17(15)18/h4-12H,1-3H3. The highest BCUT2D eigenvalue weighted by molar-refractivity contribution is 6.00. The van der Waals surface area contributed by atoms with Crippen molar-refractivity contribution in [1.82, 2.24) is 0 Å². The summed E-state index contributed by atoms with van der Waals surface area (Å²) in [6.45, 7) is 3.70. The molecule has 4 rings (SSSR count). The quantitative estimate of drug-likeness (QED) is 0.472. The lowest BCUT2D eigenvalue weighted by molar-refractivity contribution is 0.418. The fourth-order valence-corrected chi connectivity index (χ4v) is 3.35. The van der Waals surface area contributed by atoms with Gasteiger partial charge < -0.3 is 9.15 Å². The number of fused-ring (bicyclic) bond motifs is 2. The van der Waals surface area contributed by atoms with Crippen molar-refractivity contribution >= 4 is 21.7 Å². The molecule has 3 heteroatoms. The van der Waals surface area contributed by atoms with Gasteiger partial charge in [0.1, 0.15) is 11.3 Å². The van der Waals surface area contributed by atoms with Gasteiger partial charge >= 0.3 is 5.63 Å². The minimum Gasteiger partial charge on any atom is -0.496 e. The third-order valence-corrected chi connectivity index (χ3v) is 4.83. The molecule has 3 aromatic carbocycles. The summed E-state index contributed by atoms with van der Waals surface area (Å²) in [6.07, 6.45) is 0. The minimum absolute atomic E-state index is 0.304. The summed E-state index contributed by atoms with van der Waals surface area (Å²) in [5.41, 5.74) is 3.81. The smallest absolute Gasteiger partial charge is 0.339 e. The highest BCUT2D eigenvalue weighted by atomic mass is 16.5. The molecule has 0 amide bonds. The molecule has 0 N–H and O–H groups in total. The summed E-state index contributed by atoms with van der Waals surface area (Å²) in [5.74, 6) is 0.713. The second-order valence-electron chi connectivity index (χ2n) is 6.22. The number of benzene rings is 3. The van der Waals surface area contributed by atoms with E-state index in [2.05, 4.69) is 24.3 Å². The van der Waals surface area contributed by atoms with Crippen LogP contribution < -0.4 is 10.4 Å². The lowest BCUT2D eigenvalue weighted by Crippen LogP contribution is -2.06. The van der Waals surface area contributed by atoms with E-state index in [-0.39, 0.29) is 5.63 Å². The Morgan fingerprint density at radius 2 is 1.68 bits per heavy atom. The van der Waals surface area contributed by atoms with Crippen LogP contribution in [0.15, 0.2) is 63.8 Å². The lowest BCUT2D eigenvalue weighted by atomic mass is 9.96. The average Bonchev–Trinajstić information content (AvgIpc) is 2.64. The summed E-state index contributed by atoms with van der Waals surface area (Å²) >= 11 is 0. The average molecular weight is 330 g/mol. The molecule has 0 radical (unpaired) electrons. The van der Waals surface area contributed by atoms with Gasteiger partial charge in [-0.3, -0.25) is 0 Å². The largest absolute Gasteiger partial charge is 0.496 e. The van der Waals surface area contributed by atoms with Crippen molar-refractivity contribution in [3.05, 3.63) is 76.1 Å². The molecule has 0 saturated heterocycles. The first kappa shape index (κ1) is 15.5. The Hall–Kier alpha value is -3.07. The van der Waals surface area contributed by atoms with Crippen molar-refractivity contribution < 1.29 is 9.15 Å². The van der Waals surface area contributed by atoms with Gasteiger partial charge in [-0.1, -0.05) is 42.5 Å². The van der Waals surface area contributed by atoms with E-state index in [4.69, 9.17) is 9.15 Å². The molecular weight excluding hydrogens is 312 g/mol. The van der Waals surface area contributed by atoms with Crippen LogP contribution in [-0.2, 0) is 0 Å². The zero-order valence-corrected chi connectivity index (χ0v) is 14.4. The maximum Gasteiger partial charge on any atom is 0.339 e. The van der Waals surface area contributed by atoms with E-state index in [1.165, 1.54) is 5.39 Å². The summed E-state index contributed by atoms with van der Waals surface area (Å²) in [4.78, 5) is 12.1. The molecule has 0 aliphatic heterocycles. The van der Waals surface area contributed by atoms with Crippen molar-refractivity contribution in [1.29, 1.82) is 0 Å². The van der Waals surface area contributed by atoms with Gasteiger partial charge in [0.2, 0.25) is 0 Å². The normalized spacial score (nSPS) is 11.2. The molecule has 25 heavy (non-hydrogen) atoms. The van der Waals surface area contributed by atoms with E-state index in [0.29, 0.717) is 16.9 Å². The molecule has 0 saturated carbocycles. The van der Waals surface area contributed by atoms with Crippen LogP contribution >= 0.6 is 0 Å². The maximum atomic E-state index is 12.1. The predicted molar refractivity (Wildman–Crippen MR) is 101 cm³/mol. The number of hydrogen-bond donors (Lipinski definition) is 0. The van der Waals surface area contributed by atoms with Crippen molar-refractivity contribution in [3.8, 4) is 16.9 Å². The Labute approximate surface area is 145 Å². The van der Waals surface area contributed by atoms with Crippen molar-refractivity contribution in [3.63, 3.8) is 0 Å². The summed E-state index contributed by atoms with van der Waals surface area (Å²) in [7, 11) is 1.64. The van der Waals surface area contributed by atoms with E-state index in [1.807, 2.05) is 37.3 Å². The molecule has 1 heterocycles. The summed E-state index contributed by atoms with van der Waals surface area (Å²) in [6, 6.07) is 18.4. The van der Waals surface area contributed by atoms with Crippen molar-refractivity contribution in [2.45, 2.75) is 13.8 Å².